The number of benzene rings is 1. The largest absolute Gasteiger partial charge is 0.659 e. The second kappa shape index (κ2) is 3.46. The van der Waals surface area contributed by atoms with Crippen LogP contribution in [-0.2, 0) is 10.3 Å². The molecule has 2 rings (SSSR count). The Hall–Kier alpha value is -1.61. The Kier molecular flexibility index (Phi) is 2.35. The van der Waals surface area contributed by atoms with Crippen molar-refractivity contribution >= 4 is 11.4 Å². The van der Waals surface area contributed by atoms with Gasteiger partial charge in [-0.05, 0) is 13.8 Å². The maximum atomic E-state index is 10.5. The molecule has 0 bridgehead atoms. The fourth-order valence-corrected chi connectivity index (χ4v) is 2.21. The number of nitrogens with zero attached hydrogens (tertiary/aromatic N) is 1. The zero-order chi connectivity index (χ0) is 11.9. The van der Waals surface area contributed by atoms with E-state index >= 15 is 0 Å². The summed E-state index contributed by atoms with van der Waals surface area (Å²) in [5.74, 6) is 0.121. The molecule has 0 saturated carbocycles. The molecular formula is C13H15NO2. The summed E-state index contributed by atoms with van der Waals surface area (Å²) in [6.45, 7) is 9.88. The van der Waals surface area contributed by atoms with Crippen molar-refractivity contribution in [1.82, 2.24) is 0 Å². The predicted octanol–water partition coefficient (Wildman–Crippen LogP) is 1.85. The lowest BCUT2D eigenvalue weighted by Crippen LogP contribution is -2.27. The van der Waals surface area contributed by atoms with Gasteiger partial charge < -0.3 is 10.1 Å². The van der Waals surface area contributed by atoms with Crippen LogP contribution in [0.25, 0.3) is 0 Å². The second-order valence-electron chi connectivity index (χ2n) is 4.54. The third-order valence-corrected chi connectivity index (χ3v) is 3.40. The fraction of sp³-hybridized carbons (Fsp3) is 0.308. The first-order chi connectivity index (χ1) is 7.50. The van der Waals surface area contributed by atoms with Gasteiger partial charge in [0.15, 0.2) is 5.71 Å². The van der Waals surface area contributed by atoms with Gasteiger partial charge in [0.2, 0.25) is 5.69 Å². The summed E-state index contributed by atoms with van der Waals surface area (Å²) >= 11 is 0. The van der Waals surface area contributed by atoms with Crippen molar-refractivity contribution < 1.29 is 14.7 Å². The molecule has 0 atom stereocenters. The fourth-order valence-electron chi connectivity index (χ4n) is 2.21. The Morgan fingerprint density at radius 1 is 1.38 bits per heavy atom. The van der Waals surface area contributed by atoms with E-state index in [4.69, 9.17) is 0 Å². The first-order valence-electron chi connectivity index (χ1n) is 5.22. The van der Waals surface area contributed by atoms with Crippen LogP contribution < -0.4 is 5.26 Å². The highest BCUT2D eigenvalue weighted by atomic mass is 17.1. The highest BCUT2D eigenvalue weighted by Gasteiger charge is 2.44. The minimum Gasteiger partial charge on any atom is -0.659 e. The summed E-state index contributed by atoms with van der Waals surface area (Å²) in [4.78, 5) is 4.02. The number of rotatable bonds is 2. The summed E-state index contributed by atoms with van der Waals surface area (Å²) in [7, 11) is 0. The third kappa shape index (κ3) is 1.28. The number of fused-ring (bicyclic) bond motifs is 1. The van der Waals surface area contributed by atoms with Gasteiger partial charge in [-0.1, -0.05) is 18.2 Å². The van der Waals surface area contributed by atoms with Crippen molar-refractivity contribution in [2.45, 2.75) is 26.2 Å². The molecule has 3 heteroatoms. The molecular weight excluding hydrogens is 202 g/mol. The standard InChI is InChI=1S/C13H15NO2/c1-9-13(3,4)11-7-5-6-8-12(11)14(9)10(2)16-15/h5-8H,2H2,1,3-4H3. The van der Waals surface area contributed by atoms with Crippen LogP contribution in [0.5, 0.6) is 0 Å². The smallest absolute Gasteiger partial charge is 0.360 e. The van der Waals surface area contributed by atoms with Gasteiger partial charge in [-0.25, -0.2) is 0 Å². The minimum absolute atomic E-state index is 0.0991. The van der Waals surface area contributed by atoms with Crippen LogP contribution in [0.3, 0.4) is 0 Å². The van der Waals surface area contributed by atoms with E-state index in [1.165, 1.54) is 5.56 Å². The van der Waals surface area contributed by atoms with E-state index in [1.54, 1.807) is 4.58 Å². The summed E-state index contributed by atoms with van der Waals surface area (Å²) in [6, 6.07) is 7.98. The first kappa shape index (κ1) is 10.9. The van der Waals surface area contributed by atoms with Crippen molar-refractivity contribution in [3.05, 3.63) is 42.3 Å². The molecule has 1 aliphatic heterocycles. The first-order valence-corrected chi connectivity index (χ1v) is 5.22. The van der Waals surface area contributed by atoms with Crippen LogP contribution in [0.4, 0.5) is 5.69 Å². The topological polar surface area (TPSA) is 35.3 Å². The van der Waals surface area contributed by atoms with E-state index in [-0.39, 0.29) is 11.3 Å². The Morgan fingerprint density at radius 2 is 2.00 bits per heavy atom. The zero-order valence-corrected chi connectivity index (χ0v) is 9.78. The quantitative estimate of drug-likeness (QED) is 0.328. The molecule has 16 heavy (non-hydrogen) atoms. The minimum atomic E-state index is -0.0991. The molecule has 0 amide bonds. The molecule has 84 valence electrons. The third-order valence-electron chi connectivity index (χ3n) is 3.40. The van der Waals surface area contributed by atoms with Gasteiger partial charge in [-0.3, -0.25) is 0 Å². The van der Waals surface area contributed by atoms with Crippen LogP contribution in [0, 0.1) is 0 Å². The van der Waals surface area contributed by atoms with Gasteiger partial charge in [0, 0.05) is 25.1 Å². The SMILES string of the molecule is C=C(O[O-])[N+]1=C(C)C(C)(C)c2ccccc21. The lowest BCUT2D eigenvalue weighted by molar-refractivity contribution is -0.711. The van der Waals surface area contributed by atoms with Crippen molar-refractivity contribution in [1.29, 1.82) is 0 Å². The molecule has 1 aliphatic rings. The molecule has 1 aromatic carbocycles. The van der Waals surface area contributed by atoms with Gasteiger partial charge in [-0.15, -0.1) is 4.58 Å². The highest BCUT2D eigenvalue weighted by Crippen LogP contribution is 2.40. The van der Waals surface area contributed by atoms with Gasteiger partial charge in [-0.2, -0.15) is 0 Å². The van der Waals surface area contributed by atoms with Crippen molar-refractivity contribution in [2.75, 3.05) is 0 Å². The van der Waals surface area contributed by atoms with Crippen LogP contribution in [0.1, 0.15) is 26.3 Å². The van der Waals surface area contributed by atoms with Gasteiger partial charge >= 0.3 is 5.88 Å². The lowest BCUT2D eigenvalue weighted by Gasteiger charge is -2.14. The van der Waals surface area contributed by atoms with Gasteiger partial charge in [0.05, 0.1) is 5.41 Å². The average Bonchev–Trinajstić information content (AvgIpc) is 2.48. The van der Waals surface area contributed by atoms with Crippen molar-refractivity contribution in [3.8, 4) is 0 Å². The maximum absolute atomic E-state index is 10.5. The second-order valence-corrected chi connectivity index (χ2v) is 4.54. The summed E-state index contributed by atoms with van der Waals surface area (Å²) in [5, 5.41) is 10.5. The monoisotopic (exact) mass is 217 g/mol. The molecule has 1 heterocycles. The Bertz CT molecular complexity index is 486. The summed E-state index contributed by atoms with van der Waals surface area (Å²) in [5.41, 5.74) is 3.11. The molecule has 0 N–H and O–H groups in total. The summed E-state index contributed by atoms with van der Waals surface area (Å²) < 4.78 is 1.78. The van der Waals surface area contributed by atoms with Gasteiger partial charge in [0.25, 0.3) is 0 Å². The molecule has 3 nitrogen and oxygen atoms in total. The summed E-state index contributed by atoms with van der Waals surface area (Å²) in [6.07, 6.45) is 0. The van der Waals surface area contributed by atoms with Crippen LogP contribution in [0.15, 0.2) is 36.7 Å². The van der Waals surface area contributed by atoms with E-state index in [2.05, 4.69) is 31.4 Å². The van der Waals surface area contributed by atoms with E-state index in [0.29, 0.717) is 0 Å². The normalized spacial score (nSPS) is 17.2. The van der Waals surface area contributed by atoms with Gasteiger partial charge in [0.1, 0.15) is 0 Å². The zero-order valence-electron chi connectivity index (χ0n) is 9.78. The number of para-hydroxylation sites is 1. The van der Waals surface area contributed by atoms with Crippen molar-refractivity contribution in [2.24, 2.45) is 0 Å². The molecule has 0 unspecified atom stereocenters. The Balaban J connectivity index is 2.69. The lowest BCUT2D eigenvalue weighted by atomic mass is 9.82. The average molecular weight is 217 g/mol. The molecule has 0 aromatic heterocycles. The molecule has 0 radical (unpaired) electrons. The highest BCUT2D eigenvalue weighted by molar-refractivity contribution is 5.93. The molecule has 0 aliphatic carbocycles. The Morgan fingerprint density at radius 3 is 2.62 bits per heavy atom. The van der Waals surface area contributed by atoms with Crippen LogP contribution in [0.2, 0.25) is 0 Å². The van der Waals surface area contributed by atoms with Crippen LogP contribution in [-0.4, -0.2) is 10.3 Å². The molecule has 1 aromatic rings. The van der Waals surface area contributed by atoms with E-state index in [9.17, 15) is 5.26 Å². The molecule has 0 saturated heterocycles. The maximum Gasteiger partial charge on any atom is 0.360 e. The van der Waals surface area contributed by atoms with Crippen molar-refractivity contribution in [3.63, 3.8) is 0 Å². The Labute approximate surface area is 95.2 Å². The number of hydrogen-bond acceptors (Lipinski definition) is 2. The number of hydrogen-bond donors (Lipinski definition) is 0. The predicted molar refractivity (Wildman–Crippen MR) is 60.3 cm³/mol. The van der Waals surface area contributed by atoms with E-state index in [0.717, 1.165) is 11.4 Å². The molecule has 0 fully saturated rings. The van der Waals surface area contributed by atoms with E-state index in [1.807, 2.05) is 25.1 Å². The van der Waals surface area contributed by atoms with Crippen LogP contribution >= 0.6 is 0 Å². The molecule has 0 spiro atoms. The van der Waals surface area contributed by atoms with E-state index < -0.39 is 0 Å².